The number of carbonyl (C=O) groups is 3. The smallest absolute Gasteiger partial charge is 0.462 e. The second-order valence-electron chi connectivity index (χ2n) is 20.1. The lowest BCUT2D eigenvalue weighted by atomic mass is 10.1. The first-order valence-electron chi connectivity index (χ1n) is 30.5. The van der Waals surface area contributed by atoms with E-state index in [2.05, 4.69) is 106 Å². The van der Waals surface area contributed by atoms with Gasteiger partial charge in [0.1, 0.15) is 12.7 Å². The van der Waals surface area contributed by atoms with Gasteiger partial charge < -0.3 is 24.2 Å². The fourth-order valence-electron chi connectivity index (χ4n) is 8.18. The number of aliphatic hydroxyl groups excluding tert-OH is 1. The fourth-order valence-corrected chi connectivity index (χ4v) is 8.96. The van der Waals surface area contributed by atoms with E-state index in [1.54, 1.807) is 0 Å². The Hall–Kier alpha value is -3.34. The van der Waals surface area contributed by atoms with Gasteiger partial charge in [0.05, 0.1) is 19.8 Å². The lowest BCUT2D eigenvalue weighted by molar-refractivity contribution is -0.161. The number of esters is 3. The van der Waals surface area contributed by atoms with Gasteiger partial charge in [-0.1, -0.05) is 234 Å². The molecule has 2 N–H and O–H groups in total. The van der Waals surface area contributed by atoms with Crippen LogP contribution in [0.25, 0.3) is 0 Å². The highest BCUT2D eigenvalue weighted by molar-refractivity contribution is 7.47. The molecule has 12 heteroatoms. The minimum Gasteiger partial charge on any atom is -0.462 e. The number of rotatable bonds is 56. The molecule has 0 saturated heterocycles. The third-order valence-electron chi connectivity index (χ3n) is 12.8. The van der Waals surface area contributed by atoms with Crippen LogP contribution in [-0.2, 0) is 42.2 Å². The molecular weight excluding hydrogens is 976 g/mol. The van der Waals surface area contributed by atoms with E-state index in [1.165, 1.54) is 70.6 Å². The highest BCUT2D eigenvalue weighted by Crippen LogP contribution is 2.43. The lowest BCUT2D eigenvalue weighted by Crippen LogP contribution is -2.30. The highest BCUT2D eigenvalue weighted by Gasteiger charge is 2.28. The third-order valence-corrected chi connectivity index (χ3v) is 13.8. The number of phosphoric acid groups is 1. The molecule has 438 valence electrons. The topological polar surface area (TPSA) is 155 Å². The van der Waals surface area contributed by atoms with Crippen molar-refractivity contribution in [3.63, 3.8) is 0 Å². The van der Waals surface area contributed by atoms with Gasteiger partial charge in [0.15, 0.2) is 6.10 Å². The summed E-state index contributed by atoms with van der Waals surface area (Å²) in [4.78, 5) is 48.6. The average Bonchev–Trinajstić information content (AvgIpc) is 3.41. The van der Waals surface area contributed by atoms with Crippen LogP contribution in [0.1, 0.15) is 265 Å². The second-order valence-corrected chi connectivity index (χ2v) is 21.6. The van der Waals surface area contributed by atoms with Crippen LogP contribution in [0.5, 0.6) is 0 Å². The Morgan fingerprint density at radius 2 is 0.684 bits per heavy atom. The van der Waals surface area contributed by atoms with Gasteiger partial charge in [0, 0.05) is 19.3 Å². The van der Waals surface area contributed by atoms with Gasteiger partial charge >= 0.3 is 25.7 Å². The molecule has 0 fully saturated rings. The van der Waals surface area contributed by atoms with Gasteiger partial charge in [0.25, 0.3) is 0 Å². The summed E-state index contributed by atoms with van der Waals surface area (Å²) in [6.45, 7) is 4.48. The lowest BCUT2D eigenvalue weighted by Gasteiger charge is -2.21. The van der Waals surface area contributed by atoms with Crippen molar-refractivity contribution in [2.24, 2.45) is 0 Å². The first-order valence-corrected chi connectivity index (χ1v) is 32.0. The Morgan fingerprint density at radius 3 is 1.08 bits per heavy atom. The molecule has 0 saturated carbocycles. The summed E-state index contributed by atoms with van der Waals surface area (Å²) in [6.07, 6.45) is 66.7. The predicted octanol–water partition coefficient (Wildman–Crippen LogP) is 18.3. The molecule has 0 aliphatic carbocycles. The number of carbonyl (C=O) groups excluding carboxylic acids is 3. The minimum atomic E-state index is -4.76. The largest absolute Gasteiger partial charge is 0.472 e. The summed E-state index contributed by atoms with van der Waals surface area (Å²) >= 11 is 0. The predicted molar refractivity (Wildman–Crippen MR) is 316 cm³/mol. The van der Waals surface area contributed by atoms with Crippen LogP contribution in [0.4, 0.5) is 0 Å². The number of ether oxygens (including phenoxy) is 3. The van der Waals surface area contributed by atoms with E-state index < -0.39 is 57.8 Å². The van der Waals surface area contributed by atoms with Crippen molar-refractivity contribution < 1.29 is 52.2 Å². The zero-order valence-corrected chi connectivity index (χ0v) is 49.3. The van der Waals surface area contributed by atoms with E-state index in [0.29, 0.717) is 19.3 Å². The van der Waals surface area contributed by atoms with Crippen molar-refractivity contribution in [1.82, 2.24) is 0 Å². The van der Waals surface area contributed by atoms with E-state index in [0.717, 1.165) is 135 Å². The molecule has 0 heterocycles. The van der Waals surface area contributed by atoms with Crippen LogP contribution in [0.15, 0.2) is 85.1 Å². The molecule has 0 rings (SSSR count). The molecule has 0 aliphatic heterocycles. The summed E-state index contributed by atoms with van der Waals surface area (Å²) in [6, 6.07) is 0. The van der Waals surface area contributed by atoms with Crippen LogP contribution < -0.4 is 0 Å². The summed E-state index contributed by atoms with van der Waals surface area (Å²) in [5, 5.41) is 9.84. The Bertz CT molecular complexity index is 1600. The monoisotopic (exact) mass is 1090 g/mol. The van der Waals surface area contributed by atoms with E-state index >= 15 is 0 Å². The van der Waals surface area contributed by atoms with E-state index in [-0.39, 0.29) is 25.9 Å². The first-order chi connectivity index (χ1) is 37.2. The Kier molecular flexibility index (Phi) is 55.3. The molecule has 0 radical (unpaired) electrons. The minimum absolute atomic E-state index is 0.149. The zero-order valence-electron chi connectivity index (χ0n) is 48.5. The van der Waals surface area contributed by atoms with Gasteiger partial charge in [-0.2, -0.15) is 0 Å². The van der Waals surface area contributed by atoms with E-state index in [9.17, 15) is 28.9 Å². The SMILES string of the molecule is CC/C=C\C/C=C\C/C=C\C/C=C\CCCCCCCCC(=O)OC(COC(=O)CCCCCCCCCCCCC)COP(=O)(O)OCC(CO)OC(=O)CCCCCCCC/C=C\C/C=C\C/C=C\CCCCC. The van der Waals surface area contributed by atoms with Gasteiger partial charge in [-0.3, -0.25) is 23.4 Å². The summed E-state index contributed by atoms with van der Waals surface area (Å²) < 4.78 is 39.6. The standard InChI is InChI=1S/C64H111O11P/c1-4-7-10-13-16-19-22-24-26-28-30-32-34-36-39-42-45-48-51-54-63(67)74-60(56-65)58-72-76(69,70)73-59-61(57-71-62(66)53-50-47-44-41-38-21-18-15-12-9-6-3)75-64(68)55-52-49-46-43-40-37-35-33-31-29-27-25-23-20-17-14-11-8-5-2/h8,11,16-17,19-20,24-27,30-33,60-61,65H,4-7,9-10,12-15,18,21-23,28-29,34-59H2,1-3H3,(H,69,70)/b11-8-,19-16-,20-17-,26-24-,27-25-,32-30-,33-31-. The molecule has 3 atom stereocenters. The van der Waals surface area contributed by atoms with Gasteiger partial charge in [-0.05, 0) is 96.3 Å². The fraction of sp³-hybridized carbons (Fsp3) is 0.734. The van der Waals surface area contributed by atoms with Crippen molar-refractivity contribution in [3.8, 4) is 0 Å². The summed E-state index contributed by atoms with van der Waals surface area (Å²) in [5.41, 5.74) is 0. The molecule has 0 aromatic heterocycles. The second kappa shape index (κ2) is 57.8. The van der Waals surface area contributed by atoms with Gasteiger partial charge in [-0.25, -0.2) is 4.57 Å². The summed E-state index contributed by atoms with van der Waals surface area (Å²) in [7, 11) is -4.76. The van der Waals surface area contributed by atoms with Crippen LogP contribution in [0.3, 0.4) is 0 Å². The van der Waals surface area contributed by atoms with Gasteiger partial charge in [0.2, 0.25) is 0 Å². The van der Waals surface area contributed by atoms with Gasteiger partial charge in [-0.15, -0.1) is 0 Å². The van der Waals surface area contributed by atoms with Crippen LogP contribution in [0.2, 0.25) is 0 Å². The Labute approximate surface area is 464 Å². The van der Waals surface area contributed by atoms with Crippen molar-refractivity contribution in [3.05, 3.63) is 85.1 Å². The van der Waals surface area contributed by atoms with Crippen LogP contribution in [-0.4, -0.2) is 66.5 Å². The van der Waals surface area contributed by atoms with E-state index in [4.69, 9.17) is 23.3 Å². The van der Waals surface area contributed by atoms with Crippen LogP contribution >= 0.6 is 7.82 Å². The third kappa shape index (κ3) is 55.4. The molecular formula is C64H111O11P. The maximum atomic E-state index is 12.9. The van der Waals surface area contributed by atoms with Crippen molar-refractivity contribution in [1.29, 1.82) is 0 Å². The number of phosphoric ester groups is 1. The zero-order chi connectivity index (χ0) is 55.5. The molecule has 0 aromatic rings. The maximum Gasteiger partial charge on any atom is 0.472 e. The highest BCUT2D eigenvalue weighted by atomic mass is 31.2. The molecule has 0 spiro atoms. The Balaban J connectivity index is 4.68. The van der Waals surface area contributed by atoms with Crippen molar-refractivity contribution in [2.75, 3.05) is 26.4 Å². The molecule has 11 nitrogen and oxygen atoms in total. The Morgan fingerprint density at radius 1 is 0.382 bits per heavy atom. The number of hydrogen-bond acceptors (Lipinski definition) is 10. The van der Waals surface area contributed by atoms with Crippen LogP contribution in [0, 0.1) is 0 Å². The number of allylic oxidation sites excluding steroid dienone is 14. The molecule has 0 bridgehead atoms. The molecule has 0 aliphatic rings. The van der Waals surface area contributed by atoms with E-state index in [1.807, 2.05) is 0 Å². The molecule has 76 heavy (non-hydrogen) atoms. The summed E-state index contributed by atoms with van der Waals surface area (Å²) in [5.74, 6) is -1.49. The van der Waals surface area contributed by atoms with Crippen molar-refractivity contribution >= 4 is 25.7 Å². The van der Waals surface area contributed by atoms with Crippen molar-refractivity contribution in [2.45, 2.75) is 277 Å². The molecule has 3 unspecified atom stereocenters. The average molecular weight is 1090 g/mol. The number of hydrogen-bond donors (Lipinski definition) is 2. The molecule has 0 aromatic carbocycles. The normalized spacial score (nSPS) is 13.9. The number of aliphatic hydroxyl groups is 1. The number of unbranched alkanes of at least 4 members (excludes halogenated alkanes) is 25. The molecule has 0 amide bonds. The quantitative estimate of drug-likeness (QED) is 0.0197. The first kappa shape index (κ1) is 72.7. The maximum absolute atomic E-state index is 12.9.